The van der Waals surface area contributed by atoms with Gasteiger partial charge in [0.25, 0.3) is 5.56 Å². The third-order valence-electron chi connectivity index (χ3n) is 5.08. The van der Waals surface area contributed by atoms with Crippen molar-refractivity contribution in [3.05, 3.63) is 81.1 Å². The van der Waals surface area contributed by atoms with Crippen LogP contribution in [0.3, 0.4) is 0 Å². The molecule has 0 saturated carbocycles. The van der Waals surface area contributed by atoms with E-state index in [0.29, 0.717) is 16.1 Å². The summed E-state index contributed by atoms with van der Waals surface area (Å²) in [6.07, 6.45) is 0. The molecule has 0 aliphatic rings. The second-order valence-corrected chi connectivity index (χ2v) is 7.52. The van der Waals surface area contributed by atoms with E-state index in [1.54, 1.807) is 49.4 Å². The SMILES string of the molecule is COc1nn(C(C(=O)O)C(C)c2ccccc2)c(=O)cc1-c1cc(Cl)ccc1C(C)=O. The zero-order valence-electron chi connectivity index (χ0n) is 17.2. The van der Waals surface area contributed by atoms with E-state index in [0.717, 1.165) is 10.2 Å². The van der Waals surface area contributed by atoms with Crippen LogP contribution in [-0.4, -0.2) is 33.7 Å². The normalized spacial score (nSPS) is 12.8. The highest BCUT2D eigenvalue weighted by atomic mass is 35.5. The summed E-state index contributed by atoms with van der Waals surface area (Å²) in [5, 5.41) is 14.5. The average molecular weight is 441 g/mol. The molecule has 160 valence electrons. The van der Waals surface area contributed by atoms with E-state index in [2.05, 4.69) is 5.10 Å². The van der Waals surface area contributed by atoms with Gasteiger partial charge in [-0.3, -0.25) is 9.59 Å². The molecule has 7 nitrogen and oxygen atoms in total. The molecular weight excluding hydrogens is 420 g/mol. The standard InChI is InChI=1S/C23H21ClN2O5/c1-13(15-7-5-4-6-8-15)21(23(29)30)26-20(28)12-19(22(25-26)31-3)18-11-16(24)9-10-17(18)14(2)27/h4-13,21H,1-3H3,(H,29,30). The number of carboxylic acid groups (broad SMARTS) is 1. The number of carboxylic acids is 1. The van der Waals surface area contributed by atoms with Gasteiger partial charge in [-0.05, 0) is 36.2 Å². The highest BCUT2D eigenvalue weighted by Gasteiger charge is 2.31. The fourth-order valence-electron chi connectivity index (χ4n) is 3.51. The predicted octanol–water partition coefficient (Wildman–Crippen LogP) is 4.20. The molecule has 0 aliphatic heterocycles. The van der Waals surface area contributed by atoms with E-state index in [1.165, 1.54) is 20.1 Å². The van der Waals surface area contributed by atoms with Gasteiger partial charge in [0.1, 0.15) is 0 Å². The highest BCUT2D eigenvalue weighted by molar-refractivity contribution is 6.31. The summed E-state index contributed by atoms with van der Waals surface area (Å²) in [5.41, 5.74) is 1.10. The van der Waals surface area contributed by atoms with Gasteiger partial charge in [0.05, 0.1) is 12.7 Å². The van der Waals surface area contributed by atoms with E-state index in [9.17, 15) is 19.5 Å². The molecule has 1 N–H and O–H groups in total. The van der Waals surface area contributed by atoms with Gasteiger partial charge in [0.15, 0.2) is 11.8 Å². The Morgan fingerprint density at radius 3 is 2.35 bits per heavy atom. The van der Waals surface area contributed by atoms with E-state index < -0.39 is 23.5 Å². The maximum atomic E-state index is 13.0. The van der Waals surface area contributed by atoms with E-state index in [-0.39, 0.29) is 17.2 Å². The summed E-state index contributed by atoms with van der Waals surface area (Å²) < 4.78 is 6.27. The molecule has 0 radical (unpaired) electrons. The molecule has 0 saturated heterocycles. The zero-order valence-corrected chi connectivity index (χ0v) is 18.0. The van der Waals surface area contributed by atoms with Crippen LogP contribution in [0.5, 0.6) is 5.88 Å². The summed E-state index contributed by atoms with van der Waals surface area (Å²) in [7, 11) is 1.36. The van der Waals surface area contributed by atoms with Crippen LogP contribution in [0.25, 0.3) is 11.1 Å². The monoisotopic (exact) mass is 440 g/mol. The largest absolute Gasteiger partial charge is 0.480 e. The molecule has 1 heterocycles. The van der Waals surface area contributed by atoms with E-state index >= 15 is 0 Å². The Morgan fingerprint density at radius 2 is 1.77 bits per heavy atom. The number of carbonyl (C=O) groups excluding carboxylic acids is 1. The minimum absolute atomic E-state index is 0.0101. The lowest BCUT2D eigenvalue weighted by Gasteiger charge is -2.23. The van der Waals surface area contributed by atoms with E-state index in [4.69, 9.17) is 16.3 Å². The first-order valence-electron chi connectivity index (χ1n) is 9.51. The molecule has 2 unspecified atom stereocenters. The number of methoxy groups -OCH3 is 1. The smallest absolute Gasteiger partial charge is 0.329 e. The van der Waals surface area contributed by atoms with Gasteiger partial charge < -0.3 is 9.84 Å². The first-order valence-corrected chi connectivity index (χ1v) is 9.88. The van der Waals surface area contributed by atoms with E-state index in [1.807, 2.05) is 6.07 Å². The van der Waals surface area contributed by atoms with Crippen molar-refractivity contribution in [2.24, 2.45) is 0 Å². The zero-order chi connectivity index (χ0) is 22.7. The number of ketones is 1. The van der Waals surface area contributed by atoms with Crippen molar-refractivity contribution in [1.82, 2.24) is 9.78 Å². The van der Waals surface area contributed by atoms with Gasteiger partial charge in [0.2, 0.25) is 5.88 Å². The van der Waals surface area contributed by atoms with Crippen molar-refractivity contribution in [3.63, 3.8) is 0 Å². The van der Waals surface area contributed by atoms with Crippen molar-refractivity contribution < 1.29 is 19.4 Å². The Hall–Kier alpha value is -3.45. The Bertz CT molecular complexity index is 1190. The minimum Gasteiger partial charge on any atom is -0.480 e. The number of hydrogen-bond donors (Lipinski definition) is 1. The van der Waals surface area contributed by atoms with Crippen LogP contribution in [0.4, 0.5) is 0 Å². The molecule has 31 heavy (non-hydrogen) atoms. The van der Waals surface area contributed by atoms with Gasteiger partial charge in [-0.15, -0.1) is 5.10 Å². The third-order valence-corrected chi connectivity index (χ3v) is 5.32. The summed E-state index contributed by atoms with van der Waals surface area (Å²) >= 11 is 6.11. The number of aliphatic carboxylic acids is 1. The minimum atomic E-state index is -1.26. The van der Waals surface area contributed by atoms with Gasteiger partial charge in [-0.25, -0.2) is 9.48 Å². The molecule has 0 bridgehead atoms. The van der Waals surface area contributed by atoms with Crippen LogP contribution in [0, 0.1) is 0 Å². The molecule has 3 aromatic rings. The lowest BCUT2D eigenvalue weighted by Crippen LogP contribution is -2.35. The van der Waals surface area contributed by atoms with Gasteiger partial charge in [-0.2, -0.15) is 0 Å². The topological polar surface area (TPSA) is 98.5 Å². The Kier molecular flexibility index (Phi) is 6.56. The number of rotatable bonds is 7. The quantitative estimate of drug-likeness (QED) is 0.553. The molecule has 1 aromatic heterocycles. The number of halogens is 1. The van der Waals surface area contributed by atoms with Crippen molar-refractivity contribution in [3.8, 4) is 17.0 Å². The number of hydrogen-bond acceptors (Lipinski definition) is 5. The predicted molar refractivity (Wildman–Crippen MR) is 117 cm³/mol. The lowest BCUT2D eigenvalue weighted by atomic mass is 9.93. The molecule has 8 heteroatoms. The van der Waals surface area contributed by atoms with Crippen LogP contribution in [0.15, 0.2) is 59.4 Å². The number of benzene rings is 2. The number of carbonyl (C=O) groups is 2. The molecule has 3 rings (SSSR count). The summed E-state index contributed by atoms with van der Waals surface area (Å²) in [6, 6.07) is 13.6. The van der Waals surface area contributed by atoms with Crippen molar-refractivity contribution >= 4 is 23.4 Å². The number of ether oxygens (including phenoxy) is 1. The first-order chi connectivity index (χ1) is 14.7. The lowest BCUT2D eigenvalue weighted by molar-refractivity contribution is -0.142. The van der Waals surface area contributed by atoms with Crippen molar-refractivity contribution in [1.29, 1.82) is 0 Å². The van der Waals surface area contributed by atoms with Crippen LogP contribution in [-0.2, 0) is 4.79 Å². The number of aromatic nitrogens is 2. The molecule has 0 amide bonds. The Labute approximate surface area is 183 Å². The second kappa shape index (κ2) is 9.14. The maximum Gasteiger partial charge on any atom is 0.329 e. The molecule has 0 spiro atoms. The van der Waals surface area contributed by atoms with Gasteiger partial charge >= 0.3 is 5.97 Å². The van der Waals surface area contributed by atoms with Crippen molar-refractivity contribution in [2.45, 2.75) is 25.8 Å². The second-order valence-electron chi connectivity index (χ2n) is 7.08. The van der Waals surface area contributed by atoms with Crippen LogP contribution in [0.1, 0.15) is 41.7 Å². The van der Waals surface area contributed by atoms with Crippen LogP contribution in [0.2, 0.25) is 5.02 Å². The molecule has 0 fully saturated rings. The summed E-state index contributed by atoms with van der Waals surface area (Å²) in [6.45, 7) is 3.11. The number of nitrogens with zero attached hydrogens (tertiary/aromatic N) is 2. The first kappa shape index (κ1) is 22.2. The van der Waals surface area contributed by atoms with Crippen LogP contribution >= 0.6 is 11.6 Å². The molecule has 0 aliphatic carbocycles. The fourth-order valence-corrected chi connectivity index (χ4v) is 3.68. The van der Waals surface area contributed by atoms with Gasteiger partial charge in [-0.1, -0.05) is 48.9 Å². The fraction of sp³-hybridized carbons (Fsp3) is 0.217. The molecular formula is C23H21ClN2O5. The maximum absolute atomic E-state index is 13.0. The van der Waals surface area contributed by atoms with Crippen molar-refractivity contribution in [2.75, 3.05) is 7.11 Å². The Morgan fingerprint density at radius 1 is 1.10 bits per heavy atom. The van der Waals surface area contributed by atoms with Crippen LogP contribution < -0.4 is 10.3 Å². The summed E-state index contributed by atoms with van der Waals surface area (Å²) in [5.74, 6) is -1.96. The summed E-state index contributed by atoms with van der Waals surface area (Å²) in [4.78, 5) is 37.2. The number of Topliss-reactive ketones (excluding diaryl/α,β-unsaturated/α-hetero) is 1. The Balaban J connectivity index is 2.20. The molecule has 2 aromatic carbocycles. The highest BCUT2D eigenvalue weighted by Crippen LogP contribution is 2.34. The third kappa shape index (κ3) is 4.51. The molecule has 2 atom stereocenters. The average Bonchev–Trinajstić information content (AvgIpc) is 2.74. The van der Waals surface area contributed by atoms with Gasteiger partial charge in [0, 0.05) is 22.6 Å².